The largest absolute Gasteiger partial charge is 0.352 e. The third-order valence-electron chi connectivity index (χ3n) is 6.69. The van der Waals surface area contributed by atoms with E-state index in [9.17, 15) is 14.0 Å². The van der Waals surface area contributed by atoms with Crippen molar-refractivity contribution in [3.63, 3.8) is 0 Å². The predicted molar refractivity (Wildman–Crippen MR) is 138 cm³/mol. The van der Waals surface area contributed by atoms with Crippen LogP contribution in [-0.4, -0.2) is 49.0 Å². The van der Waals surface area contributed by atoms with E-state index in [2.05, 4.69) is 20.7 Å². The quantitative estimate of drug-likeness (QED) is 0.441. The highest BCUT2D eigenvalue weighted by Crippen LogP contribution is 2.21. The number of tetrazole rings is 1. The second-order valence-corrected chi connectivity index (χ2v) is 10.1. The summed E-state index contributed by atoms with van der Waals surface area (Å²) in [5.74, 6) is -0.579. The van der Waals surface area contributed by atoms with Gasteiger partial charge in [-0.3, -0.25) is 9.59 Å². The van der Waals surface area contributed by atoms with Gasteiger partial charge in [0.1, 0.15) is 18.4 Å². The lowest BCUT2D eigenvalue weighted by molar-refractivity contribution is -0.143. The zero-order valence-electron chi connectivity index (χ0n) is 21.5. The molecule has 1 aliphatic rings. The fourth-order valence-electron chi connectivity index (χ4n) is 4.79. The second-order valence-electron chi connectivity index (χ2n) is 10.1. The number of carbonyl (C=O) groups is 2. The molecule has 2 amide bonds. The number of aromatic nitrogens is 4. The minimum Gasteiger partial charge on any atom is -0.352 e. The van der Waals surface area contributed by atoms with Crippen molar-refractivity contribution in [2.24, 2.45) is 5.92 Å². The van der Waals surface area contributed by atoms with Gasteiger partial charge in [-0.15, -0.1) is 10.2 Å². The molecule has 1 aliphatic carbocycles. The van der Waals surface area contributed by atoms with Gasteiger partial charge >= 0.3 is 0 Å². The molecule has 2 aromatic carbocycles. The molecule has 0 bridgehead atoms. The standard InChI is InChI=1S/C28H35FN6O2/c1-20(2)17-25(28(37)30-22-13-7-4-8-14-22)34(18-21-11-5-3-6-12-21)26(36)19-35-32-27(31-33-35)23-15-9-10-16-24(23)29/h3,5-6,9-12,15-16,20,22,25H,4,7-8,13-14,17-19H2,1-2H3,(H,30,37)/t25-/m0/s1. The molecule has 9 heteroatoms. The fourth-order valence-corrected chi connectivity index (χ4v) is 4.79. The van der Waals surface area contributed by atoms with Crippen molar-refractivity contribution < 1.29 is 14.0 Å². The Balaban J connectivity index is 1.57. The van der Waals surface area contributed by atoms with Crippen molar-refractivity contribution in [3.8, 4) is 11.4 Å². The molecule has 37 heavy (non-hydrogen) atoms. The third-order valence-corrected chi connectivity index (χ3v) is 6.69. The van der Waals surface area contributed by atoms with Gasteiger partial charge in [0.2, 0.25) is 17.6 Å². The number of carbonyl (C=O) groups excluding carboxylic acids is 2. The lowest BCUT2D eigenvalue weighted by Crippen LogP contribution is -2.53. The molecule has 1 saturated carbocycles. The maximum atomic E-state index is 14.2. The van der Waals surface area contributed by atoms with Crippen LogP contribution in [-0.2, 0) is 22.7 Å². The number of halogens is 1. The van der Waals surface area contributed by atoms with Crippen molar-refractivity contribution in [2.75, 3.05) is 0 Å². The summed E-state index contributed by atoms with van der Waals surface area (Å²) in [6, 6.07) is 15.3. The molecule has 0 saturated heterocycles. The minimum absolute atomic E-state index is 0.106. The number of nitrogens with one attached hydrogen (secondary N) is 1. The Kier molecular flexibility index (Phi) is 8.98. The van der Waals surface area contributed by atoms with Crippen LogP contribution in [0, 0.1) is 11.7 Å². The predicted octanol–water partition coefficient (Wildman–Crippen LogP) is 4.37. The van der Waals surface area contributed by atoms with Crippen molar-refractivity contribution in [2.45, 2.75) is 77.5 Å². The van der Waals surface area contributed by atoms with Crippen LogP contribution in [0.15, 0.2) is 54.6 Å². The van der Waals surface area contributed by atoms with Crippen molar-refractivity contribution >= 4 is 11.8 Å². The Morgan fingerprint density at radius 3 is 2.46 bits per heavy atom. The molecule has 0 unspecified atom stereocenters. The van der Waals surface area contributed by atoms with E-state index in [0.717, 1.165) is 36.0 Å². The Hall–Kier alpha value is -3.62. The van der Waals surface area contributed by atoms with Crippen LogP contribution in [0.25, 0.3) is 11.4 Å². The summed E-state index contributed by atoms with van der Waals surface area (Å²) in [5, 5.41) is 15.4. The van der Waals surface area contributed by atoms with Gasteiger partial charge < -0.3 is 10.2 Å². The van der Waals surface area contributed by atoms with Crippen LogP contribution in [0.1, 0.15) is 57.9 Å². The van der Waals surface area contributed by atoms with Gasteiger partial charge in [-0.1, -0.05) is 75.6 Å². The van der Waals surface area contributed by atoms with Crippen molar-refractivity contribution in [3.05, 3.63) is 66.0 Å². The van der Waals surface area contributed by atoms with E-state index in [-0.39, 0.29) is 48.3 Å². The summed E-state index contributed by atoms with van der Waals surface area (Å²) in [7, 11) is 0. The lowest BCUT2D eigenvalue weighted by atomic mass is 9.94. The first-order valence-corrected chi connectivity index (χ1v) is 13.1. The third kappa shape index (κ3) is 7.21. The highest BCUT2D eigenvalue weighted by atomic mass is 19.1. The Morgan fingerprint density at radius 2 is 1.76 bits per heavy atom. The highest BCUT2D eigenvalue weighted by molar-refractivity contribution is 5.87. The number of hydrogen-bond acceptors (Lipinski definition) is 5. The highest BCUT2D eigenvalue weighted by Gasteiger charge is 2.32. The average molecular weight is 507 g/mol. The molecule has 1 N–H and O–H groups in total. The first-order valence-electron chi connectivity index (χ1n) is 13.1. The Labute approximate surface area is 217 Å². The zero-order valence-corrected chi connectivity index (χ0v) is 21.5. The molecule has 0 radical (unpaired) electrons. The monoisotopic (exact) mass is 506 g/mol. The maximum absolute atomic E-state index is 14.2. The van der Waals surface area contributed by atoms with E-state index in [1.165, 1.54) is 12.5 Å². The average Bonchev–Trinajstić information content (AvgIpc) is 3.35. The van der Waals surface area contributed by atoms with Crippen LogP contribution >= 0.6 is 0 Å². The molecule has 196 valence electrons. The molecule has 3 aromatic rings. The minimum atomic E-state index is -0.635. The second kappa shape index (κ2) is 12.6. The number of rotatable bonds is 10. The molecule has 1 atom stereocenters. The summed E-state index contributed by atoms with van der Waals surface area (Å²) < 4.78 is 14.2. The van der Waals surface area contributed by atoms with Gasteiger partial charge in [0.25, 0.3) is 0 Å². The number of benzene rings is 2. The van der Waals surface area contributed by atoms with E-state index in [1.807, 2.05) is 44.2 Å². The fraction of sp³-hybridized carbons (Fsp3) is 0.464. The SMILES string of the molecule is CC(C)C[C@@H](C(=O)NC1CCCCC1)N(Cc1ccccc1)C(=O)Cn1nnc(-c2ccccc2F)n1. The molecule has 4 rings (SSSR count). The number of hydrogen-bond donors (Lipinski definition) is 1. The number of nitrogens with zero attached hydrogens (tertiary/aromatic N) is 5. The Bertz CT molecular complexity index is 1180. The van der Waals surface area contributed by atoms with E-state index in [0.29, 0.717) is 6.42 Å². The van der Waals surface area contributed by atoms with E-state index in [4.69, 9.17) is 0 Å². The van der Waals surface area contributed by atoms with Gasteiger partial charge in [0, 0.05) is 12.6 Å². The van der Waals surface area contributed by atoms with Gasteiger partial charge in [-0.25, -0.2) is 4.39 Å². The van der Waals surface area contributed by atoms with Crippen molar-refractivity contribution in [1.29, 1.82) is 0 Å². The maximum Gasteiger partial charge on any atom is 0.247 e. The van der Waals surface area contributed by atoms with Crippen LogP contribution < -0.4 is 5.32 Å². The summed E-state index contributed by atoms with van der Waals surface area (Å²) >= 11 is 0. The smallest absolute Gasteiger partial charge is 0.247 e. The van der Waals surface area contributed by atoms with E-state index in [1.54, 1.807) is 23.1 Å². The topological polar surface area (TPSA) is 93.0 Å². The molecular weight excluding hydrogens is 471 g/mol. The molecular formula is C28H35FN6O2. The lowest BCUT2D eigenvalue weighted by Gasteiger charge is -2.34. The summed E-state index contributed by atoms with van der Waals surface area (Å²) in [6.45, 7) is 4.17. The van der Waals surface area contributed by atoms with Crippen LogP contribution in [0.4, 0.5) is 4.39 Å². The molecule has 1 heterocycles. The van der Waals surface area contributed by atoms with Crippen molar-refractivity contribution in [1.82, 2.24) is 30.4 Å². The summed E-state index contributed by atoms with van der Waals surface area (Å²) in [6.07, 6.45) is 5.87. The number of amides is 2. The van der Waals surface area contributed by atoms with E-state index < -0.39 is 11.9 Å². The van der Waals surface area contributed by atoms with Gasteiger partial charge in [-0.2, -0.15) is 4.80 Å². The molecule has 8 nitrogen and oxygen atoms in total. The molecule has 0 aliphatic heterocycles. The summed E-state index contributed by atoms with van der Waals surface area (Å²) in [5.41, 5.74) is 1.14. The van der Waals surface area contributed by atoms with Gasteiger partial charge in [0.15, 0.2) is 0 Å². The van der Waals surface area contributed by atoms with E-state index >= 15 is 0 Å². The summed E-state index contributed by atoms with van der Waals surface area (Å²) in [4.78, 5) is 30.0. The van der Waals surface area contributed by atoms with Crippen LogP contribution in [0.2, 0.25) is 0 Å². The van der Waals surface area contributed by atoms with Gasteiger partial charge in [0.05, 0.1) is 5.56 Å². The normalized spacial score (nSPS) is 14.9. The van der Waals surface area contributed by atoms with Crippen LogP contribution in [0.5, 0.6) is 0 Å². The Morgan fingerprint density at radius 1 is 1.05 bits per heavy atom. The first kappa shape index (κ1) is 26.4. The van der Waals surface area contributed by atoms with Gasteiger partial charge in [-0.05, 0) is 48.1 Å². The molecule has 0 spiro atoms. The van der Waals surface area contributed by atoms with Crippen LogP contribution in [0.3, 0.4) is 0 Å². The molecule has 1 aromatic heterocycles. The first-order chi connectivity index (χ1) is 17.9. The zero-order chi connectivity index (χ0) is 26.2. The molecule has 1 fully saturated rings.